The zero-order chi connectivity index (χ0) is 22.0. The minimum atomic E-state index is -1.13. The van der Waals surface area contributed by atoms with Gasteiger partial charge in [0.2, 0.25) is 0 Å². The van der Waals surface area contributed by atoms with Crippen molar-refractivity contribution in [2.45, 2.75) is 79.4 Å². The molecule has 162 valence electrons. The third-order valence-corrected chi connectivity index (χ3v) is 6.04. The molecule has 0 spiro atoms. The molecule has 3 atom stereocenters. The van der Waals surface area contributed by atoms with Crippen LogP contribution in [0, 0.1) is 17.3 Å². The fourth-order valence-corrected chi connectivity index (χ4v) is 4.06. The van der Waals surface area contributed by atoms with Gasteiger partial charge >= 0.3 is 12.1 Å². The number of benzene rings is 1. The number of aliphatic carboxylic acids is 1. The van der Waals surface area contributed by atoms with Crippen molar-refractivity contribution in [3.63, 3.8) is 0 Å². The van der Waals surface area contributed by atoms with Crippen molar-refractivity contribution < 1.29 is 24.2 Å². The maximum Gasteiger partial charge on any atom is 0.412 e. The van der Waals surface area contributed by atoms with E-state index in [4.69, 9.17) is 9.47 Å². The molecule has 1 aromatic carbocycles. The summed E-state index contributed by atoms with van der Waals surface area (Å²) < 4.78 is 11.9. The quantitative estimate of drug-likeness (QED) is 0.697. The Morgan fingerprint density at radius 3 is 2.28 bits per heavy atom. The lowest BCUT2D eigenvalue weighted by atomic mass is 9.71. The number of amides is 1. The average Bonchev–Trinajstić information content (AvgIpc) is 2.89. The van der Waals surface area contributed by atoms with Crippen molar-refractivity contribution in [3.05, 3.63) is 35.9 Å². The topological polar surface area (TPSA) is 76.1 Å². The van der Waals surface area contributed by atoms with Crippen LogP contribution >= 0.6 is 0 Å². The molecule has 2 rings (SSSR count). The minimum Gasteiger partial charge on any atom is -0.481 e. The summed E-state index contributed by atoms with van der Waals surface area (Å²) in [5.41, 5.74) is -1.21. The Labute approximate surface area is 174 Å². The molecule has 6 heteroatoms. The second kappa shape index (κ2) is 8.74. The lowest BCUT2D eigenvalue weighted by Gasteiger charge is -2.38. The summed E-state index contributed by atoms with van der Waals surface area (Å²) in [4.78, 5) is 27.0. The largest absolute Gasteiger partial charge is 0.481 e. The van der Waals surface area contributed by atoms with E-state index < -0.39 is 35.3 Å². The van der Waals surface area contributed by atoms with Gasteiger partial charge in [0.15, 0.2) is 0 Å². The number of carbonyl (C=O) groups excluding carboxylic acids is 1. The van der Waals surface area contributed by atoms with Crippen molar-refractivity contribution in [3.8, 4) is 0 Å². The second-order valence-electron chi connectivity index (χ2n) is 9.33. The number of carboxylic acid groups (broad SMARTS) is 1. The fourth-order valence-electron chi connectivity index (χ4n) is 4.06. The van der Waals surface area contributed by atoms with Crippen molar-refractivity contribution in [2.24, 2.45) is 17.3 Å². The van der Waals surface area contributed by atoms with Crippen LogP contribution in [0.1, 0.15) is 60.5 Å². The van der Waals surface area contributed by atoms with Gasteiger partial charge in [-0.2, -0.15) is 0 Å². The molecular weight excluding hydrogens is 370 g/mol. The van der Waals surface area contributed by atoms with Crippen LogP contribution < -0.4 is 0 Å². The third kappa shape index (κ3) is 4.74. The molecule has 1 heterocycles. The van der Waals surface area contributed by atoms with Crippen molar-refractivity contribution in [2.75, 3.05) is 0 Å². The van der Waals surface area contributed by atoms with Gasteiger partial charge in [-0.3, -0.25) is 9.69 Å². The zero-order valence-electron chi connectivity index (χ0n) is 18.6. The predicted octanol–water partition coefficient (Wildman–Crippen LogP) is 4.92. The van der Waals surface area contributed by atoms with Gasteiger partial charge in [-0.1, -0.05) is 58.0 Å². The first kappa shape index (κ1) is 23.2. The molecule has 1 saturated heterocycles. The Hall–Kier alpha value is -2.08. The highest BCUT2D eigenvalue weighted by molar-refractivity contribution is 5.76. The number of ether oxygens (including phenoxy) is 2. The van der Waals surface area contributed by atoms with E-state index in [2.05, 4.69) is 13.8 Å². The number of carbonyl (C=O) groups is 2. The van der Waals surface area contributed by atoms with Crippen LogP contribution in [0.15, 0.2) is 30.3 Å². The highest BCUT2D eigenvalue weighted by Gasteiger charge is 2.59. The number of rotatable bonds is 7. The lowest BCUT2D eigenvalue weighted by molar-refractivity contribution is -0.168. The zero-order valence-corrected chi connectivity index (χ0v) is 18.6. The lowest BCUT2D eigenvalue weighted by Crippen LogP contribution is -2.53. The summed E-state index contributed by atoms with van der Waals surface area (Å²) in [5.74, 6) is -0.827. The van der Waals surface area contributed by atoms with E-state index in [1.807, 2.05) is 44.2 Å². The molecule has 29 heavy (non-hydrogen) atoms. The predicted molar refractivity (Wildman–Crippen MR) is 111 cm³/mol. The van der Waals surface area contributed by atoms with Crippen LogP contribution in [0.3, 0.4) is 0 Å². The molecule has 0 radical (unpaired) electrons. The van der Waals surface area contributed by atoms with E-state index in [1.165, 1.54) is 0 Å². The van der Waals surface area contributed by atoms with Gasteiger partial charge < -0.3 is 14.6 Å². The van der Waals surface area contributed by atoms with E-state index in [-0.39, 0.29) is 18.4 Å². The van der Waals surface area contributed by atoms with Gasteiger partial charge in [-0.05, 0) is 44.6 Å². The molecule has 1 aliphatic heterocycles. The van der Waals surface area contributed by atoms with Crippen molar-refractivity contribution >= 4 is 12.1 Å². The van der Waals surface area contributed by atoms with E-state index in [9.17, 15) is 14.7 Å². The maximum absolute atomic E-state index is 13.1. The first-order chi connectivity index (χ1) is 13.4. The van der Waals surface area contributed by atoms with E-state index >= 15 is 0 Å². The van der Waals surface area contributed by atoms with E-state index in [0.29, 0.717) is 6.42 Å². The van der Waals surface area contributed by atoms with Gasteiger partial charge in [0.25, 0.3) is 0 Å². The Morgan fingerprint density at radius 1 is 1.21 bits per heavy atom. The van der Waals surface area contributed by atoms with Gasteiger partial charge in [0.1, 0.15) is 12.3 Å². The van der Waals surface area contributed by atoms with Crippen molar-refractivity contribution in [1.29, 1.82) is 0 Å². The number of hydrogen-bond acceptors (Lipinski definition) is 4. The Kier molecular flexibility index (Phi) is 6.99. The van der Waals surface area contributed by atoms with Gasteiger partial charge in [0.05, 0.1) is 17.6 Å². The molecule has 0 saturated carbocycles. The summed E-state index contributed by atoms with van der Waals surface area (Å²) in [5, 5.41) is 10.0. The Bertz CT molecular complexity index is 715. The first-order valence-electron chi connectivity index (χ1n) is 10.3. The fraction of sp³-hybridized carbons (Fsp3) is 0.652. The summed E-state index contributed by atoms with van der Waals surface area (Å²) in [7, 11) is 0. The summed E-state index contributed by atoms with van der Waals surface area (Å²) in [6.07, 6.45) is -0.491. The number of nitrogens with zero attached hydrogens (tertiary/aromatic N) is 1. The van der Waals surface area contributed by atoms with Crippen LogP contribution in [0.25, 0.3) is 0 Å². The van der Waals surface area contributed by atoms with Gasteiger partial charge in [0, 0.05) is 0 Å². The SMILES string of the molecule is CC(C)C[C@H]1[C@H](C(C)(C(=O)O)C(C)C)OC(C)(C)N1C(=O)OCc1ccccc1. The number of hydrogen-bond donors (Lipinski definition) is 1. The van der Waals surface area contributed by atoms with Crippen LogP contribution in [0.2, 0.25) is 0 Å². The molecule has 0 aliphatic carbocycles. The normalized spacial score (nSPS) is 23.3. The maximum atomic E-state index is 13.1. The molecule has 1 unspecified atom stereocenters. The van der Waals surface area contributed by atoms with Crippen LogP contribution in [0.4, 0.5) is 4.79 Å². The molecule has 1 N–H and O–H groups in total. The molecular formula is C23H35NO5. The van der Waals surface area contributed by atoms with Gasteiger partial charge in [-0.15, -0.1) is 0 Å². The molecule has 0 bridgehead atoms. The average molecular weight is 406 g/mol. The molecule has 1 amide bonds. The van der Waals surface area contributed by atoms with Gasteiger partial charge in [-0.25, -0.2) is 4.79 Å². The standard InChI is InChI=1S/C23H35NO5/c1-15(2)13-18-19(23(7,16(3)4)20(25)26)29-22(5,6)24(18)21(27)28-14-17-11-9-8-10-12-17/h8-12,15-16,18-19H,13-14H2,1-7H3,(H,25,26)/t18-,19+,23?/m0/s1. The highest BCUT2D eigenvalue weighted by atomic mass is 16.6. The van der Waals surface area contributed by atoms with Crippen LogP contribution in [-0.4, -0.2) is 39.9 Å². The minimum absolute atomic E-state index is 0.158. The summed E-state index contributed by atoms with van der Waals surface area (Å²) >= 11 is 0. The van der Waals surface area contributed by atoms with Crippen LogP contribution in [0.5, 0.6) is 0 Å². The molecule has 1 aliphatic rings. The highest BCUT2D eigenvalue weighted by Crippen LogP contribution is 2.46. The summed E-state index contributed by atoms with van der Waals surface area (Å²) in [6.45, 7) is 13.4. The summed E-state index contributed by atoms with van der Waals surface area (Å²) in [6, 6.07) is 9.10. The van der Waals surface area contributed by atoms with E-state index in [1.54, 1.807) is 25.7 Å². The smallest absolute Gasteiger partial charge is 0.412 e. The molecule has 0 aromatic heterocycles. The third-order valence-electron chi connectivity index (χ3n) is 6.04. The molecule has 6 nitrogen and oxygen atoms in total. The van der Waals surface area contributed by atoms with Crippen molar-refractivity contribution in [1.82, 2.24) is 4.90 Å². The Balaban J connectivity index is 2.35. The molecule has 1 aromatic rings. The monoisotopic (exact) mass is 405 g/mol. The molecule has 1 fully saturated rings. The van der Waals surface area contributed by atoms with E-state index in [0.717, 1.165) is 5.56 Å². The first-order valence-corrected chi connectivity index (χ1v) is 10.3. The van der Waals surface area contributed by atoms with Crippen LogP contribution in [-0.2, 0) is 20.9 Å². The second-order valence-corrected chi connectivity index (χ2v) is 9.33. The Morgan fingerprint density at radius 2 is 1.79 bits per heavy atom. The number of carboxylic acids is 1.